The second kappa shape index (κ2) is 6.58. The van der Waals surface area contributed by atoms with E-state index in [0.717, 1.165) is 25.2 Å². The van der Waals surface area contributed by atoms with Gasteiger partial charge in [0.1, 0.15) is 0 Å². The molecule has 2 aliphatic rings. The van der Waals surface area contributed by atoms with Gasteiger partial charge in [0.2, 0.25) is 0 Å². The van der Waals surface area contributed by atoms with Crippen LogP contribution in [0.2, 0.25) is 0 Å². The van der Waals surface area contributed by atoms with Crippen LogP contribution < -0.4 is 5.32 Å². The summed E-state index contributed by atoms with van der Waals surface area (Å²) < 4.78 is 5.46. The quantitative estimate of drug-likeness (QED) is 0.742. The van der Waals surface area contributed by atoms with Gasteiger partial charge in [0.25, 0.3) is 0 Å². The third-order valence-corrected chi connectivity index (χ3v) is 3.72. The third kappa shape index (κ3) is 3.72. The molecule has 2 saturated heterocycles. The van der Waals surface area contributed by atoms with E-state index in [-0.39, 0.29) is 0 Å². The zero-order chi connectivity index (χ0) is 11.2. The molecule has 0 bridgehead atoms. The van der Waals surface area contributed by atoms with Crippen LogP contribution in [0, 0.1) is 5.92 Å². The van der Waals surface area contributed by atoms with E-state index in [1.807, 2.05) is 0 Å². The molecule has 2 unspecified atom stereocenters. The number of hydrogen-bond donors (Lipinski definition) is 1. The van der Waals surface area contributed by atoms with Gasteiger partial charge in [-0.25, -0.2) is 0 Å². The van der Waals surface area contributed by atoms with Crippen molar-refractivity contribution in [3.8, 4) is 0 Å². The van der Waals surface area contributed by atoms with Crippen LogP contribution in [0.25, 0.3) is 0 Å². The molecule has 0 amide bonds. The average molecular weight is 226 g/mol. The molecule has 2 atom stereocenters. The van der Waals surface area contributed by atoms with E-state index in [1.165, 1.54) is 51.9 Å². The molecule has 94 valence electrons. The fourth-order valence-corrected chi connectivity index (χ4v) is 2.89. The van der Waals surface area contributed by atoms with Crippen LogP contribution in [0.5, 0.6) is 0 Å². The molecular weight excluding hydrogens is 200 g/mol. The first-order chi connectivity index (χ1) is 7.88. The summed E-state index contributed by atoms with van der Waals surface area (Å²) in [4.78, 5) is 2.64. The van der Waals surface area contributed by atoms with Crippen LogP contribution in [0.15, 0.2) is 0 Å². The standard InChI is InChI=1S/C13H26N2O/c1-2-7-15(9-12-5-8-16-11-12)10-13-4-3-6-14-13/h12-14H,2-11H2,1H3. The maximum Gasteiger partial charge on any atom is 0.0507 e. The van der Waals surface area contributed by atoms with Crippen molar-refractivity contribution in [1.29, 1.82) is 0 Å². The van der Waals surface area contributed by atoms with E-state index < -0.39 is 0 Å². The fraction of sp³-hybridized carbons (Fsp3) is 1.00. The van der Waals surface area contributed by atoms with Gasteiger partial charge >= 0.3 is 0 Å². The normalized spacial score (nSPS) is 30.4. The van der Waals surface area contributed by atoms with Crippen molar-refractivity contribution in [2.75, 3.05) is 39.4 Å². The lowest BCUT2D eigenvalue weighted by molar-refractivity contribution is 0.162. The lowest BCUT2D eigenvalue weighted by atomic mass is 10.1. The summed E-state index contributed by atoms with van der Waals surface area (Å²) in [6.45, 7) is 9.19. The Kier molecular flexibility index (Phi) is 5.07. The Hall–Kier alpha value is -0.120. The molecule has 0 aliphatic carbocycles. The molecule has 0 saturated carbocycles. The van der Waals surface area contributed by atoms with Crippen molar-refractivity contribution in [3.63, 3.8) is 0 Å². The minimum atomic E-state index is 0.744. The Morgan fingerprint density at radius 3 is 2.88 bits per heavy atom. The summed E-state index contributed by atoms with van der Waals surface area (Å²) in [5.41, 5.74) is 0. The largest absolute Gasteiger partial charge is 0.381 e. The molecule has 2 aliphatic heterocycles. The molecule has 0 spiro atoms. The highest BCUT2D eigenvalue weighted by molar-refractivity contribution is 4.79. The maximum absolute atomic E-state index is 5.46. The Morgan fingerprint density at radius 1 is 1.31 bits per heavy atom. The van der Waals surface area contributed by atoms with Gasteiger partial charge < -0.3 is 15.0 Å². The van der Waals surface area contributed by atoms with Crippen LogP contribution in [-0.4, -0.2) is 50.3 Å². The smallest absolute Gasteiger partial charge is 0.0507 e. The molecule has 16 heavy (non-hydrogen) atoms. The Bertz CT molecular complexity index is 168. The SMILES string of the molecule is CCCN(CC1CCOC1)CC1CCCN1. The minimum Gasteiger partial charge on any atom is -0.381 e. The highest BCUT2D eigenvalue weighted by atomic mass is 16.5. The Morgan fingerprint density at radius 2 is 2.25 bits per heavy atom. The van der Waals surface area contributed by atoms with Crippen molar-refractivity contribution in [3.05, 3.63) is 0 Å². The number of rotatable bonds is 6. The summed E-state index contributed by atoms with van der Waals surface area (Å²) in [5.74, 6) is 0.785. The molecule has 2 fully saturated rings. The van der Waals surface area contributed by atoms with Crippen molar-refractivity contribution >= 4 is 0 Å². The molecule has 1 N–H and O–H groups in total. The van der Waals surface area contributed by atoms with Gasteiger partial charge in [0, 0.05) is 25.7 Å². The van der Waals surface area contributed by atoms with Gasteiger partial charge in [-0.3, -0.25) is 0 Å². The second-order valence-electron chi connectivity index (χ2n) is 5.28. The molecule has 2 heterocycles. The van der Waals surface area contributed by atoms with E-state index >= 15 is 0 Å². The molecular formula is C13H26N2O. The number of ether oxygens (including phenoxy) is 1. The molecule has 0 aromatic heterocycles. The summed E-state index contributed by atoms with van der Waals surface area (Å²) >= 11 is 0. The Balaban J connectivity index is 1.73. The highest BCUT2D eigenvalue weighted by Gasteiger charge is 2.22. The summed E-state index contributed by atoms with van der Waals surface area (Å²) in [7, 11) is 0. The summed E-state index contributed by atoms with van der Waals surface area (Å²) in [6, 6.07) is 0.744. The molecule has 3 heteroatoms. The van der Waals surface area contributed by atoms with Gasteiger partial charge in [0.05, 0.1) is 6.61 Å². The van der Waals surface area contributed by atoms with Crippen LogP contribution in [-0.2, 0) is 4.74 Å². The predicted octanol–water partition coefficient (Wildman–Crippen LogP) is 1.49. The fourth-order valence-electron chi connectivity index (χ4n) is 2.89. The van der Waals surface area contributed by atoms with Crippen LogP contribution >= 0.6 is 0 Å². The molecule has 0 aromatic carbocycles. The second-order valence-corrected chi connectivity index (χ2v) is 5.28. The Labute approximate surface area is 99.5 Å². The zero-order valence-corrected chi connectivity index (χ0v) is 10.6. The first kappa shape index (κ1) is 12.3. The first-order valence-corrected chi connectivity index (χ1v) is 6.92. The summed E-state index contributed by atoms with van der Waals surface area (Å²) in [6.07, 6.45) is 5.25. The van der Waals surface area contributed by atoms with E-state index in [9.17, 15) is 0 Å². The van der Waals surface area contributed by atoms with Crippen molar-refractivity contribution < 1.29 is 4.74 Å². The maximum atomic E-state index is 5.46. The number of nitrogens with zero attached hydrogens (tertiary/aromatic N) is 1. The number of nitrogens with one attached hydrogen (secondary N) is 1. The monoisotopic (exact) mass is 226 g/mol. The van der Waals surface area contributed by atoms with E-state index in [4.69, 9.17) is 4.74 Å². The third-order valence-electron chi connectivity index (χ3n) is 3.72. The van der Waals surface area contributed by atoms with Crippen LogP contribution in [0.1, 0.15) is 32.6 Å². The van der Waals surface area contributed by atoms with Crippen molar-refractivity contribution in [2.24, 2.45) is 5.92 Å². The summed E-state index contributed by atoms with van der Waals surface area (Å²) in [5, 5.41) is 3.60. The van der Waals surface area contributed by atoms with Crippen molar-refractivity contribution in [1.82, 2.24) is 10.2 Å². The molecule has 3 nitrogen and oxygen atoms in total. The van der Waals surface area contributed by atoms with Crippen molar-refractivity contribution in [2.45, 2.75) is 38.6 Å². The predicted molar refractivity (Wildman–Crippen MR) is 66.7 cm³/mol. The van der Waals surface area contributed by atoms with Gasteiger partial charge in [0.15, 0.2) is 0 Å². The van der Waals surface area contributed by atoms with Crippen LogP contribution in [0.4, 0.5) is 0 Å². The molecule has 0 radical (unpaired) electrons. The minimum absolute atomic E-state index is 0.744. The van der Waals surface area contributed by atoms with Gasteiger partial charge in [-0.05, 0) is 44.7 Å². The van der Waals surface area contributed by atoms with Gasteiger partial charge in [-0.2, -0.15) is 0 Å². The zero-order valence-electron chi connectivity index (χ0n) is 10.6. The topological polar surface area (TPSA) is 24.5 Å². The highest BCUT2D eigenvalue weighted by Crippen LogP contribution is 2.15. The lowest BCUT2D eigenvalue weighted by Crippen LogP contribution is -2.40. The molecule has 2 rings (SSSR count). The molecule has 0 aromatic rings. The van der Waals surface area contributed by atoms with Gasteiger partial charge in [-0.15, -0.1) is 0 Å². The van der Waals surface area contributed by atoms with E-state index in [2.05, 4.69) is 17.1 Å². The van der Waals surface area contributed by atoms with Gasteiger partial charge in [-0.1, -0.05) is 6.92 Å². The van der Waals surface area contributed by atoms with E-state index in [0.29, 0.717) is 0 Å². The van der Waals surface area contributed by atoms with Crippen LogP contribution in [0.3, 0.4) is 0 Å². The van der Waals surface area contributed by atoms with E-state index in [1.54, 1.807) is 0 Å². The lowest BCUT2D eigenvalue weighted by Gasteiger charge is -2.27. The average Bonchev–Trinajstić information content (AvgIpc) is 2.91. The number of hydrogen-bond acceptors (Lipinski definition) is 3. The first-order valence-electron chi connectivity index (χ1n) is 6.92.